The van der Waals surface area contributed by atoms with E-state index in [0.29, 0.717) is 32.1 Å². The molecule has 3 nitrogen and oxygen atoms in total. The lowest BCUT2D eigenvalue weighted by Gasteiger charge is -2.18. The molecule has 112 valence electrons. The van der Waals surface area contributed by atoms with E-state index in [2.05, 4.69) is 31.9 Å². The highest BCUT2D eigenvalue weighted by Gasteiger charge is 2.20. The Morgan fingerprint density at radius 3 is 2.38 bits per heavy atom. The van der Waals surface area contributed by atoms with Crippen molar-refractivity contribution >= 4 is 43.5 Å². The maximum absolute atomic E-state index is 10.6. The summed E-state index contributed by atoms with van der Waals surface area (Å²) in [6.07, 6.45) is -0.837. The number of benzene rings is 2. The Morgan fingerprint density at radius 2 is 1.81 bits per heavy atom. The molecule has 0 aliphatic carbocycles. The second-order valence-electron chi connectivity index (χ2n) is 4.28. The Bertz CT molecular complexity index is 662. The van der Waals surface area contributed by atoms with Gasteiger partial charge in [0.05, 0.1) is 19.2 Å². The zero-order valence-corrected chi connectivity index (χ0v) is 15.3. The van der Waals surface area contributed by atoms with Crippen LogP contribution >= 0.6 is 43.5 Å². The van der Waals surface area contributed by atoms with Crippen LogP contribution in [0.25, 0.3) is 0 Å². The van der Waals surface area contributed by atoms with Crippen LogP contribution in [0.15, 0.2) is 39.3 Å². The first-order valence-corrected chi connectivity index (χ1v) is 7.99. The second kappa shape index (κ2) is 7.01. The largest absolute Gasteiger partial charge is 0.495 e. The average Bonchev–Trinajstić information content (AvgIpc) is 2.49. The maximum atomic E-state index is 10.6. The van der Waals surface area contributed by atoms with Gasteiger partial charge in [0.2, 0.25) is 0 Å². The molecule has 2 aromatic rings. The predicted octanol–water partition coefficient (Wildman–Crippen LogP) is 4.96. The number of methoxy groups -OCH3 is 2. The van der Waals surface area contributed by atoms with E-state index in [1.54, 1.807) is 44.6 Å². The van der Waals surface area contributed by atoms with Gasteiger partial charge in [-0.05, 0) is 61.7 Å². The van der Waals surface area contributed by atoms with E-state index in [0.717, 1.165) is 4.47 Å². The number of aliphatic hydroxyl groups excluding tert-OH is 1. The first kappa shape index (κ1) is 16.6. The molecule has 2 rings (SSSR count). The van der Waals surface area contributed by atoms with E-state index in [1.807, 2.05) is 0 Å². The van der Waals surface area contributed by atoms with E-state index >= 15 is 0 Å². The molecule has 0 heterocycles. The summed E-state index contributed by atoms with van der Waals surface area (Å²) in [5.41, 5.74) is 1.35. The Morgan fingerprint density at radius 1 is 1.10 bits per heavy atom. The number of aliphatic hydroxyl groups is 1. The fourth-order valence-electron chi connectivity index (χ4n) is 2.00. The summed E-state index contributed by atoms with van der Waals surface area (Å²) in [5, 5.41) is 11.2. The van der Waals surface area contributed by atoms with Crippen molar-refractivity contribution in [3.8, 4) is 11.5 Å². The first-order valence-electron chi connectivity index (χ1n) is 6.03. The lowest BCUT2D eigenvalue weighted by molar-refractivity contribution is 0.214. The zero-order chi connectivity index (χ0) is 15.6. The number of rotatable bonds is 4. The standard InChI is InChI=1S/C15H13Br2ClO3/c1-20-12-6-4-9(15(21-2)13(12)17)14(19)8-3-5-11(18)10(16)7-8/h3-7,14,19H,1-2H3. The predicted molar refractivity (Wildman–Crippen MR) is 90.5 cm³/mol. The van der Waals surface area contributed by atoms with Crippen LogP contribution in [-0.4, -0.2) is 19.3 Å². The summed E-state index contributed by atoms with van der Waals surface area (Å²) in [6, 6.07) is 8.83. The fourth-order valence-corrected chi connectivity index (χ4v) is 3.19. The molecule has 0 amide bonds. The smallest absolute Gasteiger partial charge is 0.142 e. The van der Waals surface area contributed by atoms with E-state index in [4.69, 9.17) is 21.1 Å². The van der Waals surface area contributed by atoms with Gasteiger partial charge in [0.1, 0.15) is 22.1 Å². The summed E-state index contributed by atoms with van der Waals surface area (Å²) < 4.78 is 12.0. The minimum atomic E-state index is -0.837. The second-order valence-corrected chi connectivity index (χ2v) is 6.33. The molecule has 0 bridgehead atoms. The van der Waals surface area contributed by atoms with Crippen LogP contribution in [0.5, 0.6) is 11.5 Å². The molecule has 0 aliphatic heterocycles. The van der Waals surface area contributed by atoms with Gasteiger partial charge in [0.15, 0.2) is 0 Å². The number of ether oxygens (including phenoxy) is 2. The van der Waals surface area contributed by atoms with Crippen molar-refractivity contribution in [2.75, 3.05) is 14.2 Å². The maximum Gasteiger partial charge on any atom is 0.142 e. The molecule has 0 spiro atoms. The van der Waals surface area contributed by atoms with Gasteiger partial charge < -0.3 is 14.6 Å². The summed E-state index contributed by atoms with van der Waals surface area (Å²) in [5.74, 6) is 1.17. The van der Waals surface area contributed by atoms with Crippen LogP contribution in [0.1, 0.15) is 17.2 Å². The molecule has 6 heteroatoms. The lowest BCUT2D eigenvalue weighted by Crippen LogP contribution is -2.04. The van der Waals surface area contributed by atoms with Crippen LogP contribution in [0, 0.1) is 0 Å². The molecule has 1 unspecified atom stereocenters. The summed E-state index contributed by atoms with van der Waals surface area (Å²) >= 11 is 12.8. The van der Waals surface area contributed by atoms with Crippen LogP contribution in [-0.2, 0) is 0 Å². The van der Waals surface area contributed by atoms with Gasteiger partial charge in [-0.1, -0.05) is 17.7 Å². The van der Waals surface area contributed by atoms with E-state index in [1.165, 1.54) is 0 Å². The van der Waals surface area contributed by atoms with Crippen molar-refractivity contribution in [2.45, 2.75) is 6.10 Å². The van der Waals surface area contributed by atoms with Gasteiger partial charge in [-0.25, -0.2) is 0 Å². The Labute approximate surface area is 145 Å². The minimum absolute atomic E-state index is 0.535. The molecule has 2 aromatic carbocycles. The van der Waals surface area contributed by atoms with Crippen molar-refractivity contribution in [1.29, 1.82) is 0 Å². The van der Waals surface area contributed by atoms with Gasteiger partial charge in [0, 0.05) is 10.0 Å². The Balaban J connectivity index is 2.50. The molecule has 0 aromatic heterocycles. The molecular weight excluding hydrogens is 423 g/mol. The topological polar surface area (TPSA) is 38.7 Å². The molecule has 1 atom stereocenters. The fraction of sp³-hybridized carbons (Fsp3) is 0.200. The minimum Gasteiger partial charge on any atom is -0.495 e. The van der Waals surface area contributed by atoms with Gasteiger partial charge in [0.25, 0.3) is 0 Å². The van der Waals surface area contributed by atoms with Gasteiger partial charge in [-0.15, -0.1) is 0 Å². The summed E-state index contributed by atoms with van der Waals surface area (Å²) in [6.45, 7) is 0. The highest BCUT2D eigenvalue weighted by atomic mass is 79.9. The molecule has 21 heavy (non-hydrogen) atoms. The molecule has 1 N–H and O–H groups in total. The van der Waals surface area contributed by atoms with Crippen molar-refractivity contribution in [3.05, 3.63) is 55.4 Å². The summed E-state index contributed by atoms with van der Waals surface area (Å²) in [7, 11) is 3.12. The van der Waals surface area contributed by atoms with E-state index < -0.39 is 6.10 Å². The molecular formula is C15H13Br2ClO3. The monoisotopic (exact) mass is 434 g/mol. The third kappa shape index (κ3) is 3.37. The van der Waals surface area contributed by atoms with Gasteiger partial charge in [-0.2, -0.15) is 0 Å². The van der Waals surface area contributed by atoms with Crippen LogP contribution in [0.4, 0.5) is 0 Å². The quantitative estimate of drug-likeness (QED) is 0.736. The third-order valence-electron chi connectivity index (χ3n) is 3.07. The number of halogens is 3. The molecule has 0 aliphatic rings. The van der Waals surface area contributed by atoms with Crippen molar-refractivity contribution < 1.29 is 14.6 Å². The SMILES string of the molecule is COc1ccc(C(O)c2ccc(Cl)c(Br)c2)c(OC)c1Br. The Kier molecular flexibility index (Phi) is 5.54. The van der Waals surface area contributed by atoms with Crippen LogP contribution in [0.2, 0.25) is 5.02 Å². The molecule has 0 saturated carbocycles. The number of hydrogen-bond acceptors (Lipinski definition) is 3. The molecule has 0 saturated heterocycles. The number of hydrogen-bond donors (Lipinski definition) is 1. The van der Waals surface area contributed by atoms with Gasteiger partial charge in [-0.3, -0.25) is 0 Å². The molecule has 0 fully saturated rings. The van der Waals surface area contributed by atoms with Crippen molar-refractivity contribution in [1.82, 2.24) is 0 Å². The van der Waals surface area contributed by atoms with Crippen LogP contribution in [0.3, 0.4) is 0 Å². The van der Waals surface area contributed by atoms with Crippen molar-refractivity contribution in [3.63, 3.8) is 0 Å². The van der Waals surface area contributed by atoms with Gasteiger partial charge >= 0.3 is 0 Å². The average molecular weight is 437 g/mol. The van der Waals surface area contributed by atoms with Crippen LogP contribution < -0.4 is 9.47 Å². The lowest BCUT2D eigenvalue weighted by atomic mass is 10.0. The summed E-state index contributed by atoms with van der Waals surface area (Å²) in [4.78, 5) is 0. The van der Waals surface area contributed by atoms with E-state index in [-0.39, 0.29) is 0 Å². The highest BCUT2D eigenvalue weighted by molar-refractivity contribution is 9.11. The normalized spacial score (nSPS) is 12.1. The first-order chi connectivity index (χ1) is 9.99. The molecule has 0 radical (unpaired) electrons. The van der Waals surface area contributed by atoms with Crippen molar-refractivity contribution in [2.24, 2.45) is 0 Å². The van der Waals surface area contributed by atoms with E-state index in [9.17, 15) is 5.11 Å². The Hall–Kier alpha value is -0.750. The third-order valence-corrected chi connectivity index (χ3v) is 5.04. The highest BCUT2D eigenvalue weighted by Crippen LogP contribution is 2.41. The zero-order valence-electron chi connectivity index (χ0n) is 11.4.